The van der Waals surface area contributed by atoms with Gasteiger partial charge in [-0.05, 0) is 113 Å². The Balaban J connectivity index is 0.947. The fourth-order valence-electron chi connectivity index (χ4n) is 9.80. The van der Waals surface area contributed by atoms with E-state index in [4.69, 9.17) is 8.83 Å². The summed E-state index contributed by atoms with van der Waals surface area (Å²) in [6.45, 7) is 0. The highest BCUT2D eigenvalue weighted by Crippen LogP contribution is 2.45. The van der Waals surface area contributed by atoms with E-state index in [1.165, 1.54) is 16.3 Å². The summed E-state index contributed by atoms with van der Waals surface area (Å²) in [6.07, 6.45) is 0. The summed E-state index contributed by atoms with van der Waals surface area (Å²) in [5, 5.41) is 6.87. The molecule has 10 aromatic carbocycles. The predicted octanol–water partition coefficient (Wildman–Crippen LogP) is 17.1. The summed E-state index contributed by atoms with van der Waals surface area (Å²) in [6, 6.07) is 82.2. The van der Waals surface area contributed by atoms with Crippen LogP contribution in [0, 0.1) is 0 Å². The molecule has 0 fully saturated rings. The molecular weight excluding hydrogens is 781 g/mol. The highest BCUT2D eigenvalue weighted by Gasteiger charge is 2.22. The summed E-state index contributed by atoms with van der Waals surface area (Å²) < 4.78 is 15.1. The van der Waals surface area contributed by atoms with Gasteiger partial charge in [-0.3, -0.25) is 0 Å². The minimum Gasteiger partial charge on any atom is -0.456 e. The molecule has 0 radical (unpaired) electrons. The average Bonchev–Trinajstić information content (AvgIpc) is 4.04. The van der Waals surface area contributed by atoms with Gasteiger partial charge in [-0.2, -0.15) is 0 Å². The van der Waals surface area contributed by atoms with Gasteiger partial charge in [0.05, 0.1) is 16.7 Å². The standard InChI is InChI=1S/C60H38N2O2/c1-3-13-41(14-4-1)47-19-11-20-49-52-38-43(30-36-58(52)64-60(47)49)40-27-33-46(34-28-40)61(45-31-25-39(26-32-45)42-29-35-57-51(37-42)48-17-8-10-24-56(48)63-57)54-22-12-23-55-59(54)50-18-7-9-21-53(50)62(55)44-15-5-2-6-16-44/h1-38H. The van der Waals surface area contributed by atoms with Crippen molar-refractivity contribution in [1.82, 2.24) is 4.57 Å². The Morgan fingerprint density at radius 3 is 1.58 bits per heavy atom. The van der Waals surface area contributed by atoms with Crippen LogP contribution in [0.5, 0.6) is 0 Å². The molecule has 0 atom stereocenters. The molecule has 13 rings (SSSR count). The van der Waals surface area contributed by atoms with Crippen molar-refractivity contribution in [3.8, 4) is 39.1 Å². The molecule has 0 bridgehead atoms. The number of aromatic nitrogens is 1. The SMILES string of the molecule is c1ccc(-c2cccc3c2oc2ccc(-c4ccc(N(c5ccc(-c6ccc7oc8ccccc8c7c6)cc5)c5cccc6c5c5ccccc5n6-c5ccccc5)cc4)cc23)cc1. The maximum Gasteiger partial charge on any atom is 0.143 e. The van der Waals surface area contributed by atoms with E-state index >= 15 is 0 Å². The minimum absolute atomic E-state index is 0.883. The lowest BCUT2D eigenvalue weighted by Gasteiger charge is -2.27. The van der Waals surface area contributed by atoms with E-state index in [2.05, 4.69) is 222 Å². The number of para-hydroxylation sites is 4. The molecule has 3 aromatic heterocycles. The van der Waals surface area contributed by atoms with Gasteiger partial charge >= 0.3 is 0 Å². The normalized spacial score (nSPS) is 11.8. The van der Waals surface area contributed by atoms with Crippen molar-refractivity contribution in [1.29, 1.82) is 0 Å². The number of rotatable bonds is 7. The van der Waals surface area contributed by atoms with Crippen molar-refractivity contribution in [2.24, 2.45) is 0 Å². The molecule has 64 heavy (non-hydrogen) atoms. The quantitative estimate of drug-likeness (QED) is 0.161. The van der Waals surface area contributed by atoms with Gasteiger partial charge in [0.25, 0.3) is 0 Å². The van der Waals surface area contributed by atoms with Crippen molar-refractivity contribution >= 4 is 82.7 Å². The molecule has 0 saturated heterocycles. The van der Waals surface area contributed by atoms with Crippen LogP contribution in [-0.4, -0.2) is 4.57 Å². The zero-order chi connectivity index (χ0) is 42.1. The molecule has 0 amide bonds. The zero-order valence-corrected chi connectivity index (χ0v) is 34.7. The summed E-state index contributed by atoms with van der Waals surface area (Å²) in [5.41, 5.74) is 17.1. The Morgan fingerprint density at radius 2 is 0.859 bits per heavy atom. The Bertz CT molecular complexity index is 3880. The number of anilines is 3. The van der Waals surface area contributed by atoms with Crippen LogP contribution in [0.1, 0.15) is 0 Å². The Hall–Kier alpha value is -8.60. The lowest BCUT2D eigenvalue weighted by molar-refractivity contribution is 0.669. The predicted molar refractivity (Wildman–Crippen MR) is 266 cm³/mol. The number of benzene rings is 10. The van der Waals surface area contributed by atoms with E-state index in [0.29, 0.717) is 0 Å². The van der Waals surface area contributed by atoms with Crippen molar-refractivity contribution in [2.45, 2.75) is 0 Å². The molecule has 0 unspecified atom stereocenters. The number of fused-ring (bicyclic) bond motifs is 9. The van der Waals surface area contributed by atoms with Crippen LogP contribution < -0.4 is 4.90 Å². The minimum atomic E-state index is 0.883. The van der Waals surface area contributed by atoms with E-state index in [9.17, 15) is 0 Å². The van der Waals surface area contributed by atoms with Gasteiger partial charge in [-0.25, -0.2) is 0 Å². The van der Waals surface area contributed by atoms with Gasteiger partial charge in [0.2, 0.25) is 0 Å². The van der Waals surface area contributed by atoms with Crippen LogP contribution in [-0.2, 0) is 0 Å². The first-order valence-corrected chi connectivity index (χ1v) is 21.7. The molecular formula is C60H38N2O2. The van der Waals surface area contributed by atoms with Gasteiger partial charge in [-0.1, -0.05) is 146 Å². The third-order valence-corrected chi connectivity index (χ3v) is 12.8. The summed E-state index contributed by atoms with van der Waals surface area (Å²) >= 11 is 0. The van der Waals surface area contributed by atoms with E-state index < -0.39 is 0 Å². The molecule has 0 aliphatic carbocycles. The second kappa shape index (κ2) is 14.5. The summed E-state index contributed by atoms with van der Waals surface area (Å²) in [5.74, 6) is 0. The zero-order valence-electron chi connectivity index (χ0n) is 34.7. The van der Waals surface area contributed by atoms with Crippen LogP contribution in [0.25, 0.3) is 105 Å². The fourth-order valence-corrected chi connectivity index (χ4v) is 9.80. The lowest BCUT2D eigenvalue weighted by atomic mass is 9.99. The van der Waals surface area contributed by atoms with Crippen molar-refractivity contribution in [3.05, 3.63) is 231 Å². The van der Waals surface area contributed by atoms with Gasteiger partial charge in [-0.15, -0.1) is 0 Å². The molecule has 4 heteroatoms. The molecule has 0 spiro atoms. The maximum absolute atomic E-state index is 6.53. The highest BCUT2D eigenvalue weighted by atomic mass is 16.3. The van der Waals surface area contributed by atoms with Crippen LogP contribution in [0.4, 0.5) is 17.1 Å². The van der Waals surface area contributed by atoms with Crippen LogP contribution in [0.15, 0.2) is 239 Å². The van der Waals surface area contributed by atoms with Gasteiger partial charge in [0.1, 0.15) is 22.3 Å². The molecule has 0 saturated carbocycles. The van der Waals surface area contributed by atoms with Gasteiger partial charge < -0.3 is 18.3 Å². The van der Waals surface area contributed by atoms with Gasteiger partial charge in [0, 0.05) is 54.9 Å². The molecule has 0 aliphatic rings. The van der Waals surface area contributed by atoms with Crippen LogP contribution in [0.3, 0.4) is 0 Å². The van der Waals surface area contributed by atoms with E-state index in [1.807, 2.05) is 18.2 Å². The Kier molecular flexibility index (Phi) is 8.18. The van der Waals surface area contributed by atoms with Crippen LogP contribution in [0.2, 0.25) is 0 Å². The highest BCUT2D eigenvalue weighted by molar-refractivity contribution is 6.17. The number of hydrogen-bond acceptors (Lipinski definition) is 3. The second-order valence-corrected chi connectivity index (χ2v) is 16.5. The maximum atomic E-state index is 6.53. The fraction of sp³-hybridized carbons (Fsp3) is 0. The van der Waals surface area contributed by atoms with E-state index in [1.54, 1.807) is 0 Å². The molecule has 13 aromatic rings. The average molecular weight is 819 g/mol. The molecule has 300 valence electrons. The Labute approximate surface area is 369 Å². The monoisotopic (exact) mass is 818 g/mol. The lowest BCUT2D eigenvalue weighted by Crippen LogP contribution is -2.10. The van der Waals surface area contributed by atoms with Crippen molar-refractivity contribution < 1.29 is 8.83 Å². The van der Waals surface area contributed by atoms with E-state index in [0.717, 1.165) is 106 Å². The van der Waals surface area contributed by atoms with Gasteiger partial charge in [0.15, 0.2) is 0 Å². The summed E-state index contributed by atoms with van der Waals surface area (Å²) in [4.78, 5) is 2.41. The topological polar surface area (TPSA) is 34.5 Å². The van der Waals surface area contributed by atoms with Crippen molar-refractivity contribution in [3.63, 3.8) is 0 Å². The molecule has 3 heterocycles. The molecule has 4 nitrogen and oxygen atoms in total. The Morgan fingerprint density at radius 1 is 0.328 bits per heavy atom. The third-order valence-electron chi connectivity index (χ3n) is 12.8. The third kappa shape index (κ3) is 5.77. The van der Waals surface area contributed by atoms with E-state index in [-0.39, 0.29) is 0 Å². The van der Waals surface area contributed by atoms with Crippen LogP contribution >= 0.6 is 0 Å². The smallest absolute Gasteiger partial charge is 0.143 e. The first-order chi connectivity index (χ1) is 31.7. The first-order valence-electron chi connectivity index (χ1n) is 21.7. The first kappa shape index (κ1) is 36.1. The van der Waals surface area contributed by atoms with Crippen molar-refractivity contribution in [2.75, 3.05) is 4.90 Å². The molecule has 0 aliphatic heterocycles. The number of furan rings is 2. The second-order valence-electron chi connectivity index (χ2n) is 16.5. The summed E-state index contributed by atoms with van der Waals surface area (Å²) in [7, 11) is 0. The number of nitrogens with zero attached hydrogens (tertiary/aromatic N) is 2. The number of hydrogen-bond donors (Lipinski definition) is 0. The largest absolute Gasteiger partial charge is 0.456 e. The molecule has 0 N–H and O–H groups in total.